The highest BCUT2D eigenvalue weighted by atomic mass is 32.1. The number of fused-ring (bicyclic) bond motifs is 3. The Labute approximate surface area is 139 Å². The molecule has 0 N–H and O–H groups in total. The minimum absolute atomic E-state index is 0.882. The fourth-order valence-corrected chi connectivity index (χ4v) is 3.63. The summed E-state index contributed by atoms with van der Waals surface area (Å²) in [6.07, 6.45) is 2.18. The maximum absolute atomic E-state index is 5.15. The third-order valence-corrected chi connectivity index (χ3v) is 4.68. The van der Waals surface area contributed by atoms with Crippen molar-refractivity contribution in [1.82, 2.24) is 0 Å². The van der Waals surface area contributed by atoms with Crippen LogP contribution < -0.4 is 0 Å². The quantitative estimate of drug-likeness (QED) is 0.586. The van der Waals surface area contributed by atoms with Gasteiger partial charge >= 0.3 is 0 Å². The van der Waals surface area contributed by atoms with Crippen molar-refractivity contribution in [2.75, 3.05) is 7.11 Å². The van der Waals surface area contributed by atoms with Crippen LogP contribution in [0.2, 0.25) is 0 Å². The highest BCUT2D eigenvalue weighted by Gasteiger charge is 2.25. The first kappa shape index (κ1) is 14.0. The molecule has 1 aliphatic carbocycles. The SMILES string of the molecule is CO/N=C1/C(=C\c2ccsc2)c2ccccc2-c2ccccc21. The van der Waals surface area contributed by atoms with Gasteiger partial charge in [0.1, 0.15) is 12.8 Å². The molecule has 0 saturated carbocycles. The molecule has 0 radical (unpaired) electrons. The molecular weight excluding hydrogens is 302 g/mol. The fraction of sp³-hybridized carbons (Fsp3) is 0.0500. The zero-order chi connectivity index (χ0) is 15.6. The number of benzene rings is 2. The molecule has 23 heavy (non-hydrogen) atoms. The van der Waals surface area contributed by atoms with Gasteiger partial charge < -0.3 is 4.84 Å². The number of thiophene rings is 1. The van der Waals surface area contributed by atoms with E-state index in [4.69, 9.17) is 4.84 Å². The molecule has 1 aromatic heterocycles. The lowest BCUT2D eigenvalue weighted by Gasteiger charge is -2.23. The molecule has 2 nitrogen and oxygen atoms in total. The molecule has 112 valence electrons. The zero-order valence-electron chi connectivity index (χ0n) is 12.7. The molecule has 0 saturated heterocycles. The third kappa shape index (κ3) is 2.39. The van der Waals surface area contributed by atoms with Gasteiger partial charge in [0.2, 0.25) is 0 Å². The van der Waals surface area contributed by atoms with Crippen LogP contribution in [0.5, 0.6) is 0 Å². The summed E-state index contributed by atoms with van der Waals surface area (Å²) in [5.74, 6) is 0. The second-order valence-corrected chi connectivity index (χ2v) is 6.11. The lowest BCUT2D eigenvalue weighted by atomic mass is 9.80. The van der Waals surface area contributed by atoms with E-state index in [1.165, 1.54) is 22.3 Å². The van der Waals surface area contributed by atoms with Crippen LogP contribution in [-0.2, 0) is 4.84 Å². The largest absolute Gasteiger partial charge is 0.399 e. The van der Waals surface area contributed by atoms with Crippen molar-refractivity contribution in [2.45, 2.75) is 0 Å². The normalized spacial score (nSPS) is 16.2. The molecule has 0 atom stereocenters. The van der Waals surface area contributed by atoms with E-state index < -0.39 is 0 Å². The number of hydrogen-bond acceptors (Lipinski definition) is 3. The van der Waals surface area contributed by atoms with Gasteiger partial charge in [-0.1, -0.05) is 53.7 Å². The molecule has 0 bridgehead atoms. The van der Waals surface area contributed by atoms with Crippen molar-refractivity contribution in [3.8, 4) is 11.1 Å². The van der Waals surface area contributed by atoms with Crippen LogP contribution >= 0.6 is 11.3 Å². The average molecular weight is 317 g/mol. The van der Waals surface area contributed by atoms with E-state index in [2.05, 4.69) is 70.5 Å². The Balaban J connectivity index is 2.03. The molecular formula is C20H15NOS. The average Bonchev–Trinajstić information content (AvgIpc) is 3.11. The maximum atomic E-state index is 5.15. The Morgan fingerprint density at radius 3 is 2.17 bits per heavy atom. The van der Waals surface area contributed by atoms with Crippen LogP contribution in [0.3, 0.4) is 0 Å². The number of oxime groups is 1. The van der Waals surface area contributed by atoms with E-state index in [9.17, 15) is 0 Å². The van der Waals surface area contributed by atoms with Crippen molar-refractivity contribution >= 4 is 28.7 Å². The summed E-state index contributed by atoms with van der Waals surface area (Å²) in [6.45, 7) is 0. The molecule has 0 fully saturated rings. The van der Waals surface area contributed by atoms with Gasteiger partial charge in [-0.2, -0.15) is 11.3 Å². The Morgan fingerprint density at radius 2 is 1.52 bits per heavy atom. The van der Waals surface area contributed by atoms with Crippen LogP contribution in [0.25, 0.3) is 22.8 Å². The number of rotatable bonds is 2. The first-order valence-electron chi connectivity index (χ1n) is 7.43. The van der Waals surface area contributed by atoms with Crippen molar-refractivity contribution in [2.24, 2.45) is 5.16 Å². The molecule has 0 aliphatic heterocycles. The van der Waals surface area contributed by atoms with Crippen LogP contribution in [0.4, 0.5) is 0 Å². The van der Waals surface area contributed by atoms with Gasteiger partial charge in [0, 0.05) is 11.1 Å². The minimum atomic E-state index is 0.882. The van der Waals surface area contributed by atoms with Gasteiger partial charge in [0.15, 0.2) is 0 Å². The first-order valence-corrected chi connectivity index (χ1v) is 8.37. The molecule has 4 rings (SSSR count). The molecule has 0 spiro atoms. The summed E-state index contributed by atoms with van der Waals surface area (Å²) in [6, 6.07) is 18.9. The monoisotopic (exact) mass is 317 g/mol. The van der Waals surface area contributed by atoms with E-state index >= 15 is 0 Å². The van der Waals surface area contributed by atoms with Gasteiger partial charge in [-0.25, -0.2) is 0 Å². The van der Waals surface area contributed by atoms with Crippen molar-refractivity contribution < 1.29 is 4.84 Å². The number of nitrogens with zero attached hydrogens (tertiary/aromatic N) is 1. The summed E-state index contributed by atoms with van der Waals surface area (Å²) < 4.78 is 0. The van der Waals surface area contributed by atoms with E-state index in [0.29, 0.717) is 0 Å². The minimum Gasteiger partial charge on any atom is -0.399 e. The maximum Gasteiger partial charge on any atom is 0.118 e. The summed E-state index contributed by atoms with van der Waals surface area (Å²) in [7, 11) is 1.60. The van der Waals surface area contributed by atoms with E-state index in [1.54, 1.807) is 18.4 Å². The molecule has 0 amide bonds. The summed E-state index contributed by atoms with van der Waals surface area (Å²) in [4.78, 5) is 5.15. The van der Waals surface area contributed by atoms with Gasteiger partial charge in [-0.3, -0.25) is 0 Å². The molecule has 2 aromatic carbocycles. The Morgan fingerprint density at radius 1 is 0.870 bits per heavy atom. The van der Waals surface area contributed by atoms with Crippen LogP contribution in [0, 0.1) is 0 Å². The highest BCUT2D eigenvalue weighted by Crippen LogP contribution is 2.40. The van der Waals surface area contributed by atoms with E-state index in [0.717, 1.165) is 16.8 Å². The zero-order valence-corrected chi connectivity index (χ0v) is 13.5. The van der Waals surface area contributed by atoms with Crippen molar-refractivity contribution in [1.29, 1.82) is 0 Å². The molecule has 1 heterocycles. The van der Waals surface area contributed by atoms with Crippen molar-refractivity contribution in [3.05, 3.63) is 82.0 Å². The summed E-state index contributed by atoms with van der Waals surface area (Å²) in [5, 5.41) is 8.56. The Kier molecular flexibility index (Phi) is 3.56. The lowest BCUT2D eigenvalue weighted by molar-refractivity contribution is 0.214. The second kappa shape index (κ2) is 5.86. The Bertz CT molecular complexity index is 907. The van der Waals surface area contributed by atoms with Crippen molar-refractivity contribution in [3.63, 3.8) is 0 Å². The van der Waals surface area contributed by atoms with Gasteiger partial charge in [-0.05, 0) is 45.2 Å². The van der Waals surface area contributed by atoms with E-state index in [-0.39, 0.29) is 0 Å². The summed E-state index contributed by atoms with van der Waals surface area (Å²) >= 11 is 1.69. The number of hydrogen-bond donors (Lipinski definition) is 0. The van der Waals surface area contributed by atoms with E-state index in [1.807, 2.05) is 6.07 Å². The Hall–Kier alpha value is -2.65. The van der Waals surface area contributed by atoms with Gasteiger partial charge in [0.05, 0.1) is 0 Å². The number of allylic oxidation sites excluding steroid dienone is 1. The lowest BCUT2D eigenvalue weighted by Crippen LogP contribution is -2.13. The van der Waals surface area contributed by atoms with Crippen LogP contribution in [0.1, 0.15) is 16.7 Å². The predicted octanol–water partition coefficient (Wildman–Crippen LogP) is 5.32. The second-order valence-electron chi connectivity index (χ2n) is 5.33. The topological polar surface area (TPSA) is 21.6 Å². The van der Waals surface area contributed by atoms with Gasteiger partial charge in [0.25, 0.3) is 0 Å². The predicted molar refractivity (Wildman–Crippen MR) is 97.6 cm³/mol. The first-order chi connectivity index (χ1) is 11.4. The van der Waals surface area contributed by atoms with Gasteiger partial charge in [-0.15, -0.1) is 0 Å². The molecule has 1 aliphatic rings. The smallest absolute Gasteiger partial charge is 0.118 e. The van der Waals surface area contributed by atoms with Crippen LogP contribution in [0.15, 0.2) is 70.5 Å². The van der Waals surface area contributed by atoms with Crippen LogP contribution in [-0.4, -0.2) is 12.8 Å². The molecule has 0 unspecified atom stereocenters. The molecule has 3 heteroatoms. The molecule has 3 aromatic rings. The highest BCUT2D eigenvalue weighted by molar-refractivity contribution is 7.08. The standard InChI is InChI=1S/C20H15NOS/c1-22-21-20-18-9-5-4-7-16(18)15-6-2-3-8-17(15)19(20)12-14-10-11-23-13-14/h2-13H,1H3/b19-12-,21-20+. The summed E-state index contributed by atoms with van der Waals surface area (Å²) in [5.41, 5.74) is 7.89. The fourth-order valence-electron chi connectivity index (χ4n) is 3.01. The third-order valence-electron chi connectivity index (χ3n) is 3.98.